The molecule has 0 unspecified atom stereocenters. The third-order valence-corrected chi connectivity index (χ3v) is 4.79. The first-order valence-corrected chi connectivity index (χ1v) is 8.57. The molecule has 0 atom stereocenters. The molecular weight excluding hydrogens is 306 g/mol. The second-order valence-electron chi connectivity index (χ2n) is 6.35. The molecule has 0 saturated heterocycles. The van der Waals surface area contributed by atoms with Crippen molar-refractivity contribution < 1.29 is 0 Å². The predicted octanol–water partition coefficient (Wildman–Crippen LogP) is 5.20. The lowest BCUT2D eigenvalue weighted by Crippen LogP contribution is -2.02. The molecule has 2 aliphatic rings. The van der Waals surface area contributed by atoms with E-state index in [0.29, 0.717) is 0 Å². The fraction of sp³-hybridized carbons (Fsp3) is 0.0909. The Bertz CT molecular complexity index is 1140. The van der Waals surface area contributed by atoms with Gasteiger partial charge in [-0.3, -0.25) is 0 Å². The van der Waals surface area contributed by atoms with Gasteiger partial charge in [0.15, 0.2) is 0 Å². The van der Waals surface area contributed by atoms with E-state index in [9.17, 15) is 0 Å². The molecule has 0 amide bonds. The van der Waals surface area contributed by atoms with Crippen LogP contribution in [0.4, 0.5) is 0 Å². The summed E-state index contributed by atoms with van der Waals surface area (Å²) in [6.45, 7) is 0. The Morgan fingerprint density at radius 3 is 2.56 bits per heavy atom. The van der Waals surface area contributed by atoms with E-state index in [2.05, 4.69) is 71.9 Å². The van der Waals surface area contributed by atoms with Crippen LogP contribution >= 0.6 is 0 Å². The van der Waals surface area contributed by atoms with Crippen LogP contribution in [0.3, 0.4) is 0 Å². The van der Waals surface area contributed by atoms with E-state index in [1.165, 1.54) is 16.5 Å². The highest BCUT2D eigenvalue weighted by molar-refractivity contribution is 6.03. The molecule has 3 heteroatoms. The van der Waals surface area contributed by atoms with E-state index in [0.717, 1.165) is 35.0 Å². The zero-order chi connectivity index (χ0) is 16.6. The second-order valence-corrected chi connectivity index (χ2v) is 6.35. The van der Waals surface area contributed by atoms with Crippen LogP contribution in [0.2, 0.25) is 0 Å². The van der Waals surface area contributed by atoms with Gasteiger partial charge in [-0.15, -0.1) is 10.2 Å². The lowest BCUT2D eigenvalue weighted by molar-refractivity contribution is 0.786. The molecular formula is C22H17N3. The van der Waals surface area contributed by atoms with Crippen molar-refractivity contribution >= 4 is 27.5 Å². The van der Waals surface area contributed by atoms with E-state index in [1.54, 1.807) is 4.80 Å². The minimum absolute atomic E-state index is 0.915. The van der Waals surface area contributed by atoms with Crippen molar-refractivity contribution in [3.63, 3.8) is 0 Å². The summed E-state index contributed by atoms with van der Waals surface area (Å²) in [5.41, 5.74) is 5.67. The zero-order valence-electron chi connectivity index (χ0n) is 13.8. The van der Waals surface area contributed by atoms with Gasteiger partial charge in [0.05, 0.1) is 5.70 Å². The summed E-state index contributed by atoms with van der Waals surface area (Å²) >= 11 is 0. The number of benzene rings is 2. The van der Waals surface area contributed by atoms with Crippen molar-refractivity contribution in [2.24, 2.45) is 0 Å². The van der Waals surface area contributed by atoms with Gasteiger partial charge in [0.25, 0.3) is 0 Å². The van der Waals surface area contributed by atoms with Gasteiger partial charge in [0.2, 0.25) is 0 Å². The molecule has 2 aromatic carbocycles. The molecule has 3 nitrogen and oxygen atoms in total. The lowest BCUT2D eigenvalue weighted by Gasteiger charge is -2.12. The highest BCUT2D eigenvalue weighted by Gasteiger charge is 2.12. The summed E-state index contributed by atoms with van der Waals surface area (Å²) in [5.74, 6) is 0. The topological polar surface area (TPSA) is 30.7 Å². The van der Waals surface area contributed by atoms with Crippen molar-refractivity contribution in [3.8, 4) is 0 Å². The highest BCUT2D eigenvalue weighted by atomic mass is 15.5. The van der Waals surface area contributed by atoms with Gasteiger partial charge in [-0.05, 0) is 41.5 Å². The Balaban J connectivity index is 1.53. The van der Waals surface area contributed by atoms with Gasteiger partial charge in [-0.2, -0.15) is 4.80 Å². The summed E-state index contributed by atoms with van der Waals surface area (Å²) in [7, 11) is 0. The van der Waals surface area contributed by atoms with E-state index >= 15 is 0 Å². The van der Waals surface area contributed by atoms with Crippen LogP contribution in [0.25, 0.3) is 27.5 Å². The number of rotatable bonds is 1. The maximum Gasteiger partial charge on any atom is 0.121 e. The molecule has 0 fully saturated rings. The number of fused-ring (bicyclic) bond motifs is 3. The summed E-state index contributed by atoms with van der Waals surface area (Å²) in [5, 5.41) is 11.8. The molecule has 0 N–H and O–H groups in total. The first-order chi connectivity index (χ1) is 12.4. The Hall–Kier alpha value is -3.20. The number of nitrogens with zero attached hydrogens (tertiary/aromatic N) is 3. The third kappa shape index (κ3) is 2.45. The number of hydrogen-bond donors (Lipinski definition) is 0. The van der Waals surface area contributed by atoms with E-state index in [4.69, 9.17) is 5.10 Å². The Morgan fingerprint density at radius 2 is 1.72 bits per heavy atom. The summed E-state index contributed by atoms with van der Waals surface area (Å²) in [4.78, 5) is 1.76. The Kier molecular flexibility index (Phi) is 3.23. The standard InChI is InChI=1S/C22H17N3/c1-2-6-16(7-3-1)17-10-13-19(14-11-17)25-23-21-15-12-18-8-4-5-9-20(18)22(21)24-25/h1-6,8-10,12-15H,7,11H2/b17-16+. The summed E-state index contributed by atoms with van der Waals surface area (Å²) < 4.78 is 0. The van der Waals surface area contributed by atoms with Gasteiger partial charge < -0.3 is 0 Å². The number of hydrogen-bond acceptors (Lipinski definition) is 2. The Labute approximate surface area is 146 Å². The SMILES string of the molecule is C1=CC/C(=C2\C=CC(n3nc4ccc5ccccc5c4n3)=CC2)C=C1. The quantitative estimate of drug-likeness (QED) is 0.616. The van der Waals surface area contributed by atoms with Crippen LogP contribution in [0.1, 0.15) is 12.8 Å². The zero-order valence-corrected chi connectivity index (χ0v) is 13.8. The molecule has 2 aliphatic carbocycles. The monoisotopic (exact) mass is 323 g/mol. The third-order valence-electron chi connectivity index (χ3n) is 4.79. The average Bonchev–Trinajstić information content (AvgIpc) is 3.14. The molecule has 120 valence electrons. The molecule has 3 aromatic rings. The molecule has 25 heavy (non-hydrogen) atoms. The van der Waals surface area contributed by atoms with Gasteiger partial charge >= 0.3 is 0 Å². The minimum Gasteiger partial charge on any atom is -0.151 e. The van der Waals surface area contributed by atoms with Crippen molar-refractivity contribution in [2.75, 3.05) is 0 Å². The van der Waals surface area contributed by atoms with Gasteiger partial charge in [-0.25, -0.2) is 0 Å². The van der Waals surface area contributed by atoms with Gasteiger partial charge in [0.1, 0.15) is 11.0 Å². The molecule has 0 spiro atoms. The predicted molar refractivity (Wildman–Crippen MR) is 103 cm³/mol. The van der Waals surface area contributed by atoms with E-state index in [1.807, 2.05) is 12.1 Å². The van der Waals surface area contributed by atoms with Crippen LogP contribution in [0, 0.1) is 0 Å². The lowest BCUT2D eigenvalue weighted by atomic mass is 9.96. The van der Waals surface area contributed by atoms with Crippen molar-refractivity contribution in [2.45, 2.75) is 12.8 Å². The van der Waals surface area contributed by atoms with Crippen LogP contribution in [-0.2, 0) is 0 Å². The van der Waals surface area contributed by atoms with Gasteiger partial charge in [0, 0.05) is 5.39 Å². The molecule has 0 saturated carbocycles. The first kappa shape index (κ1) is 14.2. The molecule has 0 radical (unpaired) electrons. The van der Waals surface area contributed by atoms with E-state index < -0.39 is 0 Å². The first-order valence-electron chi connectivity index (χ1n) is 8.57. The van der Waals surface area contributed by atoms with Crippen molar-refractivity contribution in [3.05, 3.63) is 90.1 Å². The average molecular weight is 323 g/mol. The van der Waals surface area contributed by atoms with E-state index in [-0.39, 0.29) is 0 Å². The van der Waals surface area contributed by atoms with Crippen LogP contribution in [0.15, 0.2) is 90.1 Å². The fourth-order valence-corrected chi connectivity index (χ4v) is 3.44. The highest BCUT2D eigenvalue weighted by Crippen LogP contribution is 2.27. The number of aromatic nitrogens is 3. The largest absolute Gasteiger partial charge is 0.151 e. The van der Waals surface area contributed by atoms with Crippen LogP contribution in [0.5, 0.6) is 0 Å². The van der Waals surface area contributed by atoms with Gasteiger partial charge in [-0.1, -0.05) is 66.8 Å². The van der Waals surface area contributed by atoms with Crippen molar-refractivity contribution in [1.29, 1.82) is 0 Å². The summed E-state index contributed by atoms with van der Waals surface area (Å²) in [6.07, 6.45) is 17.0. The van der Waals surface area contributed by atoms with Crippen molar-refractivity contribution in [1.82, 2.24) is 15.0 Å². The maximum absolute atomic E-state index is 4.75. The van der Waals surface area contributed by atoms with Crippen LogP contribution in [-0.4, -0.2) is 15.0 Å². The Morgan fingerprint density at radius 1 is 0.800 bits per heavy atom. The molecule has 0 bridgehead atoms. The molecule has 1 heterocycles. The maximum atomic E-state index is 4.75. The molecule has 0 aliphatic heterocycles. The normalized spacial score (nSPS) is 19.8. The molecule has 5 rings (SSSR count). The second kappa shape index (κ2) is 5.71. The van der Waals surface area contributed by atoms with Crippen LogP contribution < -0.4 is 0 Å². The molecule has 1 aromatic heterocycles. The minimum atomic E-state index is 0.915. The number of allylic oxidation sites excluding steroid dienone is 10. The fourth-order valence-electron chi connectivity index (χ4n) is 3.44. The summed E-state index contributed by atoms with van der Waals surface area (Å²) in [6, 6.07) is 12.5. The smallest absolute Gasteiger partial charge is 0.121 e.